The van der Waals surface area contributed by atoms with Gasteiger partial charge in [0.25, 0.3) is 0 Å². The van der Waals surface area contributed by atoms with E-state index in [0.717, 1.165) is 22.3 Å². The van der Waals surface area contributed by atoms with Crippen LogP contribution in [0.25, 0.3) is 22.0 Å². The maximum atomic E-state index is 12.7. The fraction of sp³-hybridized carbons (Fsp3) is 0.0435. The molecule has 0 aliphatic heterocycles. The van der Waals surface area contributed by atoms with Crippen molar-refractivity contribution in [2.45, 2.75) is 6.54 Å². The topological polar surface area (TPSA) is 51.1 Å². The van der Waals surface area contributed by atoms with E-state index in [1.807, 2.05) is 72.8 Å². The third-order valence-corrected chi connectivity index (χ3v) is 4.48. The molecule has 27 heavy (non-hydrogen) atoms. The summed E-state index contributed by atoms with van der Waals surface area (Å²) < 4.78 is 1.79. The van der Waals surface area contributed by atoms with Crippen molar-refractivity contribution in [2.24, 2.45) is 0 Å². The number of nitrogens with zero attached hydrogens (tertiary/aromatic N) is 1. The van der Waals surface area contributed by atoms with E-state index >= 15 is 0 Å². The van der Waals surface area contributed by atoms with Gasteiger partial charge in [0, 0.05) is 28.9 Å². The van der Waals surface area contributed by atoms with Crippen LogP contribution in [0.4, 0.5) is 5.69 Å². The molecule has 132 valence electrons. The molecule has 4 nitrogen and oxygen atoms in total. The van der Waals surface area contributed by atoms with Crippen LogP contribution < -0.4 is 10.7 Å². The molecule has 4 heteroatoms. The quantitative estimate of drug-likeness (QED) is 0.594. The summed E-state index contributed by atoms with van der Waals surface area (Å²) in [5.74, 6) is -0.146. The SMILES string of the molecule is O=C(Cn1ccc(=O)c2ccccc21)Nc1ccccc1-c1ccccc1. The molecule has 0 saturated heterocycles. The number of benzene rings is 3. The van der Waals surface area contributed by atoms with Gasteiger partial charge in [0.2, 0.25) is 5.91 Å². The Kier molecular flexibility index (Phi) is 4.54. The maximum Gasteiger partial charge on any atom is 0.244 e. The number of aromatic nitrogens is 1. The van der Waals surface area contributed by atoms with Gasteiger partial charge in [-0.25, -0.2) is 0 Å². The molecule has 4 rings (SSSR count). The van der Waals surface area contributed by atoms with Crippen LogP contribution in [0.15, 0.2) is 95.9 Å². The molecule has 1 amide bonds. The summed E-state index contributed by atoms with van der Waals surface area (Å²) in [6.45, 7) is 0.129. The summed E-state index contributed by atoms with van der Waals surface area (Å²) in [6, 6.07) is 26.5. The van der Waals surface area contributed by atoms with Crippen LogP contribution in [0.2, 0.25) is 0 Å². The van der Waals surface area contributed by atoms with Gasteiger partial charge in [0.1, 0.15) is 6.54 Å². The van der Waals surface area contributed by atoms with Crippen molar-refractivity contribution < 1.29 is 4.79 Å². The fourth-order valence-corrected chi connectivity index (χ4v) is 3.20. The predicted molar refractivity (Wildman–Crippen MR) is 109 cm³/mol. The Morgan fingerprint density at radius 1 is 0.815 bits per heavy atom. The van der Waals surface area contributed by atoms with Crippen LogP contribution in [0.3, 0.4) is 0 Å². The summed E-state index contributed by atoms with van der Waals surface area (Å²) in [6.07, 6.45) is 1.66. The van der Waals surface area contributed by atoms with Gasteiger partial charge in [-0.3, -0.25) is 9.59 Å². The lowest BCUT2D eigenvalue weighted by atomic mass is 10.0. The Bertz CT molecular complexity index is 1160. The molecule has 4 aromatic rings. The second kappa shape index (κ2) is 7.30. The minimum Gasteiger partial charge on any atom is -0.338 e. The highest BCUT2D eigenvalue weighted by Crippen LogP contribution is 2.27. The molecule has 0 aliphatic rings. The van der Waals surface area contributed by atoms with Gasteiger partial charge in [0.15, 0.2) is 5.43 Å². The van der Waals surface area contributed by atoms with Crippen molar-refractivity contribution in [1.29, 1.82) is 0 Å². The van der Waals surface area contributed by atoms with E-state index in [1.165, 1.54) is 6.07 Å². The second-order valence-electron chi connectivity index (χ2n) is 6.28. The van der Waals surface area contributed by atoms with Gasteiger partial charge >= 0.3 is 0 Å². The van der Waals surface area contributed by atoms with Crippen molar-refractivity contribution >= 4 is 22.5 Å². The average molecular weight is 354 g/mol. The van der Waals surface area contributed by atoms with E-state index in [9.17, 15) is 9.59 Å². The first-order valence-corrected chi connectivity index (χ1v) is 8.75. The minimum atomic E-state index is -0.146. The predicted octanol–water partition coefficient (Wildman–Crippen LogP) is 4.31. The molecule has 0 fully saturated rings. The number of fused-ring (bicyclic) bond motifs is 1. The number of anilines is 1. The first-order valence-electron chi connectivity index (χ1n) is 8.75. The van der Waals surface area contributed by atoms with Gasteiger partial charge in [0.05, 0.1) is 5.52 Å². The van der Waals surface area contributed by atoms with Gasteiger partial charge in [-0.2, -0.15) is 0 Å². The molecule has 0 unspecified atom stereocenters. The summed E-state index contributed by atoms with van der Waals surface area (Å²) in [5, 5.41) is 3.61. The molecule has 1 heterocycles. The lowest BCUT2D eigenvalue weighted by Crippen LogP contribution is -2.20. The van der Waals surface area contributed by atoms with E-state index in [0.29, 0.717) is 5.39 Å². The Morgan fingerprint density at radius 3 is 2.37 bits per heavy atom. The van der Waals surface area contributed by atoms with Gasteiger partial charge in [-0.15, -0.1) is 0 Å². The Morgan fingerprint density at radius 2 is 1.52 bits per heavy atom. The van der Waals surface area contributed by atoms with Crippen LogP contribution in [0.5, 0.6) is 0 Å². The monoisotopic (exact) mass is 354 g/mol. The van der Waals surface area contributed by atoms with Gasteiger partial charge in [-0.1, -0.05) is 60.7 Å². The van der Waals surface area contributed by atoms with E-state index < -0.39 is 0 Å². The van der Waals surface area contributed by atoms with Gasteiger partial charge < -0.3 is 9.88 Å². The maximum absolute atomic E-state index is 12.7. The summed E-state index contributed by atoms with van der Waals surface area (Å²) in [4.78, 5) is 24.7. The number of pyridine rings is 1. The zero-order valence-electron chi connectivity index (χ0n) is 14.6. The van der Waals surface area contributed by atoms with Crippen molar-refractivity contribution in [3.05, 3.63) is 101 Å². The normalized spacial score (nSPS) is 10.7. The zero-order chi connectivity index (χ0) is 18.6. The summed E-state index contributed by atoms with van der Waals surface area (Å²) in [7, 11) is 0. The number of hydrogen-bond acceptors (Lipinski definition) is 2. The molecule has 0 aliphatic carbocycles. The number of para-hydroxylation sites is 2. The number of carbonyl (C=O) groups excluding carboxylic acids is 1. The van der Waals surface area contributed by atoms with E-state index in [2.05, 4.69) is 5.32 Å². The minimum absolute atomic E-state index is 0.0447. The first kappa shape index (κ1) is 16.8. The van der Waals surface area contributed by atoms with Crippen molar-refractivity contribution in [2.75, 3.05) is 5.32 Å². The number of hydrogen-bond donors (Lipinski definition) is 1. The Balaban J connectivity index is 1.62. The third kappa shape index (κ3) is 3.51. The standard InChI is InChI=1S/C23H18N2O2/c26-22-14-15-25(21-13-7-5-11-19(21)22)16-23(27)24-20-12-6-4-10-18(20)17-8-2-1-3-9-17/h1-15H,16H2,(H,24,27). The molecule has 0 spiro atoms. The third-order valence-electron chi connectivity index (χ3n) is 4.48. The largest absolute Gasteiger partial charge is 0.338 e. The van der Waals surface area contributed by atoms with E-state index in [1.54, 1.807) is 16.8 Å². The molecule has 0 radical (unpaired) electrons. The highest BCUT2D eigenvalue weighted by molar-refractivity contribution is 5.96. The molecule has 1 aromatic heterocycles. The van der Waals surface area contributed by atoms with Crippen LogP contribution in [0.1, 0.15) is 0 Å². The molecule has 3 aromatic carbocycles. The second-order valence-corrected chi connectivity index (χ2v) is 6.28. The lowest BCUT2D eigenvalue weighted by molar-refractivity contribution is -0.116. The van der Waals surface area contributed by atoms with Crippen LogP contribution in [0, 0.1) is 0 Å². The molecule has 0 atom stereocenters. The number of nitrogens with one attached hydrogen (secondary N) is 1. The van der Waals surface area contributed by atoms with E-state index in [4.69, 9.17) is 0 Å². The van der Waals surface area contributed by atoms with Crippen LogP contribution >= 0.6 is 0 Å². The molecule has 1 N–H and O–H groups in total. The Labute approximate surface area is 156 Å². The van der Waals surface area contributed by atoms with Crippen LogP contribution in [-0.2, 0) is 11.3 Å². The van der Waals surface area contributed by atoms with Crippen molar-refractivity contribution in [3.63, 3.8) is 0 Å². The smallest absolute Gasteiger partial charge is 0.244 e. The van der Waals surface area contributed by atoms with E-state index in [-0.39, 0.29) is 17.9 Å². The average Bonchev–Trinajstić information content (AvgIpc) is 2.71. The van der Waals surface area contributed by atoms with Crippen molar-refractivity contribution in [1.82, 2.24) is 4.57 Å². The van der Waals surface area contributed by atoms with Crippen LogP contribution in [-0.4, -0.2) is 10.5 Å². The molecular weight excluding hydrogens is 336 g/mol. The fourth-order valence-electron chi connectivity index (χ4n) is 3.20. The molecular formula is C23H18N2O2. The number of carbonyl (C=O) groups is 1. The highest BCUT2D eigenvalue weighted by atomic mass is 16.2. The molecule has 0 bridgehead atoms. The highest BCUT2D eigenvalue weighted by Gasteiger charge is 2.10. The summed E-state index contributed by atoms with van der Waals surface area (Å²) in [5.41, 5.74) is 3.48. The first-order chi connectivity index (χ1) is 13.2. The zero-order valence-corrected chi connectivity index (χ0v) is 14.6. The van der Waals surface area contributed by atoms with Crippen molar-refractivity contribution in [3.8, 4) is 11.1 Å². The number of amides is 1. The lowest BCUT2D eigenvalue weighted by Gasteiger charge is -2.13. The molecule has 0 saturated carbocycles. The number of rotatable bonds is 4. The van der Waals surface area contributed by atoms with Gasteiger partial charge in [-0.05, 0) is 23.8 Å². The summed E-state index contributed by atoms with van der Waals surface area (Å²) >= 11 is 0. The Hall–Kier alpha value is -3.66.